The molecule has 1 rings (SSSR count). The van der Waals surface area contributed by atoms with E-state index in [9.17, 15) is 0 Å². The molecule has 1 unspecified atom stereocenters. The van der Waals surface area contributed by atoms with Crippen LogP contribution in [0, 0.1) is 5.92 Å². The van der Waals surface area contributed by atoms with E-state index in [-0.39, 0.29) is 0 Å². The molecule has 13 heavy (non-hydrogen) atoms. The number of thioether (sulfide) groups is 1. The number of rotatable bonds is 4. The molecule has 1 atom stereocenters. The monoisotopic (exact) mass is 202 g/mol. The van der Waals surface area contributed by atoms with E-state index in [0.717, 1.165) is 37.4 Å². The second-order valence-electron chi connectivity index (χ2n) is 3.19. The van der Waals surface area contributed by atoms with Crippen LogP contribution in [0.1, 0.15) is 13.8 Å². The van der Waals surface area contributed by atoms with Crippen molar-refractivity contribution in [2.45, 2.75) is 13.8 Å². The lowest BCUT2D eigenvalue weighted by atomic mass is 10.2. The van der Waals surface area contributed by atoms with Gasteiger partial charge in [0.15, 0.2) is 5.17 Å². The van der Waals surface area contributed by atoms with Crippen molar-refractivity contribution in [1.29, 1.82) is 0 Å². The summed E-state index contributed by atoms with van der Waals surface area (Å²) in [4.78, 5) is 4.42. The average Bonchev–Trinajstić information content (AvgIpc) is 2.15. The van der Waals surface area contributed by atoms with Crippen LogP contribution in [0.15, 0.2) is 4.99 Å². The van der Waals surface area contributed by atoms with Gasteiger partial charge < -0.3 is 10.1 Å². The summed E-state index contributed by atoms with van der Waals surface area (Å²) in [7, 11) is 0. The minimum atomic E-state index is 0.724. The number of nitrogens with zero attached hydrogens (tertiary/aromatic N) is 1. The van der Waals surface area contributed by atoms with Gasteiger partial charge in [0.05, 0.1) is 6.61 Å². The van der Waals surface area contributed by atoms with E-state index in [2.05, 4.69) is 17.2 Å². The van der Waals surface area contributed by atoms with E-state index < -0.39 is 0 Å². The lowest BCUT2D eigenvalue weighted by molar-refractivity contribution is 0.152. The fraction of sp³-hybridized carbons (Fsp3) is 0.889. The molecule has 0 aromatic rings. The first kappa shape index (κ1) is 10.9. The molecule has 0 saturated carbocycles. The molecule has 0 bridgehead atoms. The van der Waals surface area contributed by atoms with Gasteiger partial charge in [-0.25, -0.2) is 0 Å². The third-order valence-electron chi connectivity index (χ3n) is 1.78. The number of aliphatic imine (C=N–C) groups is 1. The average molecular weight is 202 g/mol. The Morgan fingerprint density at radius 1 is 1.69 bits per heavy atom. The molecule has 1 N–H and O–H groups in total. The van der Waals surface area contributed by atoms with E-state index in [0.29, 0.717) is 0 Å². The normalized spacial score (nSPS) is 22.6. The molecule has 4 heteroatoms. The van der Waals surface area contributed by atoms with Gasteiger partial charge in [-0.15, -0.1) is 0 Å². The summed E-state index contributed by atoms with van der Waals surface area (Å²) in [5.41, 5.74) is 0. The van der Waals surface area contributed by atoms with Gasteiger partial charge in [0.2, 0.25) is 0 Å². The Morgan fingerprint density at radius 3 is 3.15 bits per heavy atom. The van der Waals surface area contributed by atoms with Gasteiger partial charge >= 0.3 is 0 Å². The van der Waals surface area contributed by atoms with Crippen molar-refractivity contribution >= 4 is 16.9 Å². The van der Waals surface area contributed by atoms with Crippen LogP contribution in [0.2, 0.25) is 0 Å². The van der Waals surface area contributed by atoms with Gasteiger partial charge in [0, 0.05) is 25.4 Å². The molecule has 0 aliphatic carbocycles. The first-order valence-corrected chi connectivity index (χ1v) is 5.80. The van der Waals surface area contributed by atoms with Gasteiger partial charge in [0.25, 0.3) is 0 Å². The summed E-state index contributed by atoms with van der Waals surface area (Å²) >= 11 is 1.81. The van der Waals surface area contributed by atoms with Crippen molar-refractivity contribution in [2.75, 3.05) is 32.1 Å². The molecule has 0 aromatic heterocycles. The molecule has 1 heterocycles. The van der Waals surface area contributed by atoms with Gasteiger partial charge in [-0.2, -0.15) is 0 Å². The zero-order valence-electron chi connectivity index (χ0n) is 8.38. The standard InChI is InChI=1S/C9H18N2OS/c1-3-12-5-4-10-9-11-6-8(2)7-13-9/h8H,3-7H2,1-2H3,(H,10,11). The lowest BCUT2D eigenvalue weighted by Gasteiger charge is -2.17. The Morgan fingerprint density at radius 2 is 2.54 bits per heavy atom. The Labute approximate surface area is 84.3 Å². The van der Waals surface area contributed by atoms with E-state index in [1.807, 2.05) is 18.7 Å². The highest BCUT2D eigenvalue weighted by atomic mass is 32.2. The second kappa shape index (κ2) is 6.27. The molecule has 0 radical (unpaired) electrons. The van der Waals surface area contributed by atoms with Crippen LogP contribution in [0.5, 0.6) is 0 Å². The largest absolute Gasteiger partial charge is 0.380 e. The van der Waals surface area contributed by atoms with Crippen molar-refractivity contribution in [1.82, 2.24) is 5.32 Å². The highest BCUT2D eigenvalue weighted by molar-refractivity contribution is 8.13. The van der Waals surface area contributed by atoms with Crippen molar-refractivity contribution in [3.05, 3.63) is 0 Å². The summed E-state index contributed by atoms with van der Waals surface area (Å²) in [6, 6.07) is 0. The fourth-order valence-corrected chi connectivity index (χ4v) is 1.96. The third-order valence-corrected chi connectivity index (χ3v) is 3.06. The first-order valence-electron chi connectivity index (χ1n) is 4.81. The predicted octanol–water partition coefficient (Wildman–Crippen LogP) is 1.35. The van der Waals surface area contributed by atoms with Gasteiger partial charge in [-0.1, -0.05) is 18.7 Å². The number of amidine groups is 1. The summed E-state index contributed by atoms with van der Waals surface area (Å²) < 4.78 is 5.22. The quantitative estimate of drug-likeness (QED) is 0.699. The van der Waals surface area contributed by atoms with Gasteiger partial charge in [-0.3, -0.25) is 4.99 Å². The third kappa shape index (κ3) is 4.52. The van der Waals surface area contributed by atoms with Gasteiger partial charge in [0.1, 0.15) is 0 Å². The Balaban J connectivity index is 2.08. The molecule has 0 spiro atoms. The highest BCUT2D eigenvalue weighted by Crippen LogP contribution is 2.15. The molecule has 0 amide bonds. The Hall–Kier alpha value is -0.220. The predicted molar refractivity (Wildman–Crippen MR) is 58.4 cm³/mol. The van der Waals surface area contributed by atoms with E-state index in [1.165, 1.54) is 5.75 Å². The summed E-state index contributed by atoms with van der Waals surface area (Å²) in [5, 5.41) is 4.35. The van der Waals surface area contributed by atoms with Crippen LogP contribution in [-0.2, 0) is 4.74 Å². The zero-order valence-corrected chi connectivity index (χ0v) is 9.19. The van der Waals surface area contributed by atoms with Crippen molar-refractivity contribution in [2.24, 2.45) is 10.9 Å². The number of ether oxygens (including phenoxy) is 1. The molecular weight excluding hydrogens is 184 g/mol. The smallest absolute Gasteiger partial charge is 0.156 e. The van der Waals surface area contributed by atoms with Crippen molar-refractivity contribution < 1.29 is 4.74 Å². The molecule has 0 aromatic carbocycles. The maximum Gasteiger partial charge on any atom is 0.156 e. The topological polar surface area (TPSA) is 33.6 Å². The number of nitrogens with one attached hydrogen (secondary N) is 1. The molecule has 0 saturated heterocycles. The van der Waals surface area contributed by atoms with Crippen LogP contribution in [-0.4, -0.2) is 37.2 Å². The van der Waals surface area contributed by atoms with E-state index in [1.54, 1.807) is 0 Å². The second-order valence-corrected chi connectivity index (χ2v) is 4.19. The number of hydrogen-bond donors (Lipinski definition) is 1. The summed E-state index contributed by atoms with van der Waals surface area (Å²) in [6.45, 7) is 7.63. The Bertz CT molecular complexity index is 173. The molecule has 1 aliphatic heterocycles. The van der Waals surface area contributed by atoms with Crippen LogP contribution < -0.4 is 5.32 Å². The minimum Gasteiger partial charge on any atom is -0.380 e. The summed E-state index contributed by atoms with van der Waals surface area (Å²) in [5.74, 6) is 1.91. The van der Waals surface area contributed by atoms with Crippen LogP contribution in [0.4, 0.5) is 0 Å². The molecular formula is C9H18N2OS. The van der Waals surface area contributed by atoms with Crippen molar-refractivity contribution in [3.63, 3.8) is 0 Å². The zero-order chi connectivity index (χ0) is 9.52. The molecule has 3 nitrogen and oxygen atoms in total. The van der Waals surface area contributed by atoms with Crippen LogP contribution in [0.3, 0.4) is 0 Å². The minimum absolute atomic E-state index is 0.724. The van der Waals surface area contributed by atoms with E-state index in [4.69, 9.17) is 4.74 Å². The van der Waals surface area contributed by atoms with Gasteiger partial charge in [-0.05, 0) is 12.8 Å². The maximum absolute atomic E-state index is 5.22. The first-order chi connectivity index (χ1) is 6.33. The van der Waals surface area contributed by atoms with Crippen LogP contribution in [0.25, 0.3) is 0 Å². The fourth-order valence-electron chi connectivity index (χ4n) is 1.04. The molecule has 76 valence electrons. The van der Waals surface area contributed by atoms with E-state index >= 15 is 0 Å². The summed E-state index contributed by atoms with van der Waals surface area (Å²) in [6.07, 6.45) is 0. The Kier molecular flexibility index (Phi) is 5.23. The molecule has 0 fully saturated rings. The van der Waals surface area contributed by atoms with Crippen molar-refractivity contribution in [3.8, 4) is 0 Å². The number of hydrogen-bond acceptors (Lipinski definition) is 4. The maximum atomic E-state index is 5.22. The molecule has 1 aliphatic rings. The lowest BCUT2D eigenvalue weighted by Crippen LogP contribution is -2.29. The SMILES string of the molecule is CCOCCNC1=NCC(C)CS1. The highest BCUT2D eigenvalue weighted by Gasteiger charge is 2.10. The van der Waals surface area contributed by atoms with Crippen LogP contribution >= 0.6 is 11.8 Å².